The molecule has 0 fully saturated rings. The molecule has 0 aliphatic carbocycles. The molecule has 1 amide bonds. The molecule has 0 saturated carbocycles. The Balaban J connectivity index is 0.00000264. The fourth-order valence-electron chi connectivity index (χ4n) is 2.45. The summed E-state index contributed by atoms with van der Waals surface area (Å²) in [5, 5.41) is 6.06. The van der Waals surface area contributed by atoms with Crippen molar-refractivity contribution in [3.8, 4) is 11.5 Å². The quantitative estimate of drug-likeness (QED) is 0.831. The lowest BCUT2D eigenvalue weighted by molar-refractivity contribution is -0.124. The molecule has 1 aliphatic heterocycles. The maximum Gasteiger partial charge on any atom is 0.224 e. The zero-order valence-corrected chi connectivity index (χ0v) is 15.1. The van der Waals surface area contributed by atoms with Crippen LogP contribution in [0.1, 0.15) is 26.3 Å². The summed E-state index contributed by atoms with van der Waals surface area (Å²) < 4.78 is 11.2. The number of ether oxygens (including phenoxy) is 2. The second-order valence-corrected chi connectivity index (χ2v) is 6.42. The topological polar surface area (TPSA) is 59.6 Å². The van der Waals surface area contributed by atoms with E-state index < -0.39 is 0 Å². The molecule has 1 aromatic carbocycles. The molecule has 0 radical (unpaired) electrons. The number of carbonyl (C=O) groups excluding carboxylic acids is 1. The van der Waals surface area contributed by atoms with E-state index in [9.17, 15) is 4.79 Å². The highest BCUT2D eigenvalue weighted by atomic mass is 35.5. The van der Waals surface area contributed by atoms with Gasteiger partial charge in [0, 0.05) is 24.4 Å². The summed E-state index contributed by atoms with van der Waals surface area (Å²) in [6, 6.07) is 5.99. The van der Waals surface area contributed by atoms with Crippen molar-refractivity contribution in [2.75, 3.05) is 33.4 Å². The lowest BCUT2D eigenvalue weighted by Gasteiger charge is -2.28. The minimum absolute atomic E-state index is 0. The van der Waals surface area contributed by atoms with Gasteiger partial charge in [-0.1, -0.05) is 26.8 Å². The third kappa shape index (κ3) is 5.01. The Morgan fingerprint density at radius 2 is 1.91 bits per heavy atom. The average Bonchev–Trinajstić information content (AvgIpc) is 2.52. The smallest absolute Gasteiger partial charge is 0.224 e. The number of hydrogen-bond donors (Lipinski definition) is 2. The predicted octanol–water partition coefficient (Wildman–Crippen LogP) is 2.13. The monoisotopic (exact) mass is 342 g/mol. The summed E-state index contributed by atoms with van der Waals surface area (Å²) in [5.74, 6) is 1.60. The van der Waals surface area contributed by atoms with Crippen molar-refractivity contribution < 1.29 is 14.3 Å². The first kappa shape index (κ1) is 19.6. The summed E-state index contributed by atoms with van der Waals surface area (Å²) in [6.07, 6.45) is 0. The van der Waals surface area contributed by atoms with Crippen LogP contribution in [0.5, 0.6) is 11.5 Å². The molecule has 6 heteroatoms. The van der Waals surface area contributed by atoms with Crippen LogP contribution in [0.3, 0.4) is 0 Å². The molecule has 2 rings (SSSR count). The molecule has 1 aromatic rings. The van der Waals surface area contributed by atoms with E-state index in [2.05, 4.69) is 24.5 Å². The van der Waals surface area contributed by atoms with Crippen molar-refractivity contribution in [1.82, 2.24) is 10.6 Å². The van der Waals surface area contributed by atoms with Crippen LogP contribution >= 0.6 is 12.4 Å². The van der Waals surface area contributed by atoms with Gasteiger partial charge in [-0.2, -0.15) is 0 Å². The molecular weight excluding hydrogens is 316 g/mol. The van der Waals surface area contributed by atoms with Crippen LogP contribution in [-0.4, -0.2) is 39.3 Å². The van der Waals surface area contributed by atoms with Crippen LogP contribution in [-0.2, 0) is 10.2 Å². The largest absolute Gasteiger partial charge is 0.486 e. The summed E-state index contributed by atoms with van der Waals surface area (Å²) in [5.41, 5.74) is 0.948. The van der Waals surface area contributed by atoms with Gasteiger partial charge in [0.15, 0.2) is 11.5 Å². The average molecular weight is 343 g/mol. The molecule has 1 atom stereocenters. The maximum atomic E-state index is 12.0. The first-order chi connectivity index (χ1) is 10.4. The minimum Gasteiger partial charge on any atom is -0.486 e. The SMILES string of the molecule is CNCC(C)C(=O)NCC(C)(C)c1ccc2c(c1)OCCO2.Cl. The normalized spacial score (nSPS) is 14.6. The Morgan fingerprint density at radius 1 is 1.26 bits per heavy atom. The molecule has 0 bridgehead atoms. The van der Waals surface area contributed by atoms with Crippen LogP contribution in [0.15, 0.2) is 18.2 Å². The Morgan fingerprint density at radius 3 is 2.57 bits per heavy atom. The fraction of sp³-hybridized carbons (Fsp3) is 0.588. The van der Waals surface area contributed by atoms with Crippen molar-refractivity contribution in [3.63, 3.8) is 0 Å². The van der Waals surface area contributed by atoms with Gasteiger partial charge in [0.05, 0.1) is 0 Å². The molecule has 23 heavy (non-hydrogen) atoms. The standard InChI is InChI=1S/C17H26N2O3.ClH/c1-12(10-18-4)16(20)19-11-17(2,3)13-5-6-14-15(9-13)22-8-7-21-14;/h5-6,9,12,18H,7-8,10-11H2,1-4H3,(H,19,20);1H. The van der Waals surface area contributed by atoms with Crippen molar-refractivity contribution in [1.29, 1.82) is 0 Å². The summed E-state index contributed by atoms with van der Waals surface area (Å²) in [4.78, 5) is 12.0. The van der Waals surface area contributed by atoms with Gasteiger partial charge in [-0.15, -0.1) is 12.4 Å². The highest BCUT2D eigenvalue weighted by Crippen LogP contribution is 2.34. The van der Waals surface area contributed by atoms with E-state index in [0.717, 1.165) is 17.1 Å². The van der Waals surface area contributed by atoms with E-state index >= 15 is 0 Å². The first-order valence-electron chi connectivity index (χ1n) is 7.76. The highest BCUT2D eigenvalue weighted by Gasteiger charge is 2.25. The summed E-state index contributed by atoms with van der Waals surface area (Å²) >= 11 is 0. The van der Waals surface area contributed by atoms with Crippen LogP contribution < -0.4 is 20.1 Å². The number of carbonyl (C=O) groups is 1. The number of fused-ring (bicyclic) bond motifs is 1. The van der Waals surface area contributed by atoms with Gasteiger partial charge < -0.3 is 20.1 Å². The number of amides is 1. The molecule has 1 unspecified atom stereocenters. The molecule has 1 aliphatic rings. The fourth-order valence-corrected chi connectivity index (χ4v) is 2.45. The van der Waals surface area contributed by atoms with E-state index in [0.29, 0.717) is 26.3 Å². The van der Waals surface area contributed by atoms with Crippen LogP contribution in [0.4, 0.5) is 0 Å². The number of nitrogens with one attached hydrogen (secondary N) is 2. The summed E-state index contributed by atoms with van der Waals surface area (Å²) in [7, 11) is 1.85. The number of halogens is 1. The molecule has 5 nitrogen and oxygen atoms in total. The number of rotatable bonds is 6. The number of hydrogen-bond acceptors (Lipinski definition) is 4. The Bertz CT molecular complexity index is 535. The van der Waals surface area contributed by atoms with Gasteiger partial charge in [0.2, 0.25) is 5.91 Å². The van der Waals surface area contributed by atoms with E-state index in [4.69, 9.17) is 9.47 Å². The first-order valence-corrected chi connectivity index (χ1v) is 7.76. The maximum absolute atomic E-state index is 12.0. The second kappa shape index (κ2) is 8.41. The Kier molecular flexibility index (Phi) is 7.16. The van der Waals surface area contributed by atoms with Crippen LogP contribution in [0.25, 0.3) is 0 Å². The van der Waals surface area contributed by atoms with Gasteiger partial charge in [0.25, 0.3) is 0 Å². The van der Waals surface area contributed by atoms with Crippen LogP contribution in [0, 0.1) is 5.92 Å². The van der Waals surface area contributed by atoms with E-state index in [1.54, 1.807) is 0 Å². The minimum atomic E-state index is -0.176. The Labute approximate surface area is 144 Å². The molecule has 0 spiro atoms. The molecule has 0 aromatic heterocycles. The highest BCUT2D eigenvalue weighted by molar-refractivity contribution is 5.85. The third-order valence-corrected chi connectivity index (χ3v) is 3.99. The zero-order valence-electron chi connectivity index (χ0n) is 14.3. The molecule has 0 saturated heterocycles. The summed E-state index contributed by atoms with van der Waals surface area (Å²) in [6.45, 7) is 8.58. The molecule has 1 heterocycles. The second-order valence-electron chi connectivity index (χ2n) is 6.42. The molecule has 2 N–H and O–H groups in total. The van der Waals surface area contributed by atoms with Crippen molar-refractivity contribution in [3.05, 3.63) is 23.8 Å². The third-order valence-electron chi connectivity index (χ3n) is 3.99. The van der Waals surface area contributed by atoms with Gasteiger partial charge in [-0.05, 0) is 24.7 Å². The van der Waals surface area contributed by atoms with E-state index in [-0.39, 0.29) is 29.6 Å². The Hall–Kier alpha value is -1.46. The van der Waals surface area contributed by atoms with E-state index in [1.165, 1.54) is 0 Å². The zero-order chi connectivity index (χ0) is 16.2. The van der Waals surface area contributed by atoms with Gasteiger partial charge >= 0.3 is 0 Å². The van der Waals surface area contributed by atoms with Gasteiger partial charge in [-0.25, -0.2) is 0 Å². The molecule has 130 valence electrons. The van der Waals surface area contributed by atoms with Gasteiger partial charge in [-0.3, -0.25) is 4.79 Å². The predicted molar refractivity (Wildman–Crippen MR) is 93.8 cm³/mol. The van der Waals surface area contributed by atoms with Crippen molar-refractivity contribution in [2.24, 2.45) is 5.92 Å². The van der Waals surface area contributed by atoms with Crippen LogP contribution in [0.2, 0.25) is 0 Å². The lowest BCUT2D eigenvalue weighted by Crippen LogP contribution is -2.41. The van der Waals surface area contributed by atoms with E-state index in [1.807, 2.05) is 32.2 Å². The van der Waals surface area contributed by atoms with Crippen molar-refractivity contribution >= 4 is 18.3 Å². The lowest BCUT2D eigenvalue weighted by atomic mass is 9.84. The number of benzene rings is 1. The van der Waals surface area contributed by atoms with Gasteiger partial charge in [0.1, 0.15) is 13.2 Å². The van der Waals surface area contributed by atoms with Crippen molar-refractivity contribution in [2.45, 2.75) is 26.2 Å². The molecular formula is C17H27ClN2O3.